The minimum Gasteiger partial charge on any atom is -0.461 e. The Balaban J connectivity index is 3.99. The Morgan fingerprint density at radius 1 is 1.60 bits per heavy atom. The fourth-order valence-electron chi connectivity index (χ4n) is 0.860. The van der Waals surface area contributed by atoms with E-state index >= 15 is 0 Å². The molecule has 0 aromatic rings. The molecule has 0 aliphatic carbocycles. The highest BCUT2D eigenvalue weighted by atomic mass is 16.5. The molecule has 1 atom stereocenters. The quantitative estimate of drug-likeness (QED) is 0.397. The highest BCUT2D eigenvalue weighted by Crippen LogP contribution is 1.98. The lowest BCUT2D eigenvalue weighted by Gasteiger charge is -2.10. The number of nitrogens with two attached hydrogens (primary N) is 1. The van der Waals surface area contributed by atoms with Crippen LogP contribution in [0.5, 0.6) is 0 Å². The van der Waals surface area contributed by atoms with Gasteiger partial charge in [0.05, 0.1) is 0 Å². The molecule has 0 aromatic heterocycles. The lowest BCUT2D eigenvalue weighted by molar-refractivity contribution is -0.139. The molecule has 0 aromatic carbocycles. The molecule has 4 nitrogen and oxygen atoms in total. The summed E-state index contributed by atoms with van der Waals surface area (Å²) < 4.78 is 5.02. The van der Waals surface area contributed by atoms with E-state index in [9.17, 15) is 4.79 Å². The van der Waals surface area contributed by atoms with Crippen molar-refractivity contribution >= 4 is 5.97 Å². The van der Waals surface area contributed by atoms with Gasteiger partial charge in [0.1, 0.15) is 6.61 Å². The summed E-state index contributed by atoms with van der Waals surface area (Å²) in [6.07, 6.45) is 3.20. The number of carbonyl (C=O) groups is 1. The Morgan fingerprint density at radius 3 is 2.67 bits per heavy atom. The van der Waals surface area contributed by atoms with Crippen molar-refractivity contribution in [2.24, 2.45) is 5.73 Å². The Kier molecular flexibility index (Phi) is 6.66. The van der Waals surface area contributed by atoms with Crippen LogP contribution in [0.1, 0.15) is 6.92 Å². The lowest BCUT2D eigenvalue weighted by Crippen LogP contribution is -2.21. The fraction of sp³-hybridized carbons (Fsp3) is 0.545. The molecule has 15 heavy (non-hydrogen) atoms. The van der Waals surface area contributed by atoms with E-state index in [0.29, 0.717) is 18.7 Å². The van der Waals surface area contributed by atoms with Gasteiger partial charge in [0.2, 0.25) is 0 Å². The maximum Gasteiger partial charge on any atom is 0.333 e. The van der Waals surface area contributed by atoms with Crippen molar-refractivity contribution in [3.05, 3.63) is 24.3 Å². The van der Waals surface area contributed by atoms with Gasteiger partial charge in [-0.05, 0) is 21.0 Å². The maximum atomic E-state index is 11.4. The van der Waals surface area contributed by atoms with Crippen LogP contribution in [0.4, 0.5) is 0 Å². The molecular formula is C11H20N2O2. The van der Waals surface area contributed by atoms with Crippen LogP contribution in [0, 0.1) is 0 Å². The van der Waals surface area contributed by atoms with Crippen LogP contribution >= 0.6 is 0 Å². The van der Waals surface area contributed by atoms with Gasteiger partial charge >= 0.3 is 5.97 Å². The number of hydrogen-bond donors (Lipinski definition) is 1. The molecule has 0 bridgehead atoms. The van der Waals surface area contributed by atoms with Crippen LogP contribution in [0.3, 0.4) is 0 Å². The number of nitrogens with zero attached hydrogens (tertiary/aromatic N) is 1. The van der Waals surface area contributed by atoms with E-state index in [0.717, 1.165) is 0 Å². The first-order valence-electron chi connectivity index (χ1n) is 4.85. The van der Waals surface area contributed by atoms with E-state index in [1.54, 1.807) is 19.1 Å². The molecule has 0 spiro atoms. The third-order valence-corrected chi connectivity index (χ3v) is 1.81. The van der Waals surface area contributed by atoms with Gasteiger partial charge < -0.3 is 15.4 Å². The molecule has 0 saturated heterocycles. The number of rotatable bonds is 6. The van der Waals surface area contributed by atoms with Crippen molar-refractivity contribution in [1.82, 2.24) is 4.90 Å². The van der Waals surface area contributed by atoms with Crippen LogP contribution in [0.15, 0.2) is 24.3 Å². The molecular weight excluding hydrogens is 192 g/mol. The van der Waals surface area contributed by atoms with Gasteiger partial charge in [0, 0.05) is 18.2 Å². The number of likely N-dealkylation sites (N-methyl/N-ethyl adjacent to an activating group) is 1. The van der Waals surface area contributed by atoms with E-state index in [-0.39, 0.29) is 12.0 Å². The van der Waals surface area contributed by atoms with E-state index in [1.165, 1.54) is 0 Å². The predicted molar refractivity (Wildman–Crippen MR) is 61.4 cm³/mol. The zero-order chi connectivity index (χ0) is 11.8. The van der Waals surface area contributed by atoms with Crippen molar-refractivity contribution < 1.29 is 9.53 Å². The van der Waals surface area contributed by atoms with Gasteiger partial charge in [-0.1, -0.05) is 12.2 Å². The summed E-state index contributed by atoms with van der Waals surface area (Å²) >= 11 is 0. The number of ether oxygens (including phenoxy) is 1. The normalized spacial score (nSPS) is 13.8. The summed E-state index contributed by atoms with van der Waals surface area (Å²) in [5.41, 5.74) is 6.09. The Hall–Kier alpha value is -1.13. The largest absolute Gasteiger partial charge is 0.461 e. The molecule has 0 amide bonds. The monoisotopic (exact) mass is 212 g/mol. The molecule has 0 aliphatic heterocycles. The molecule has 2 N–H and O–H groups in total. The lowest BCUT2D eigenvalue weighted by atomic mass is 10.2. The van der Waals surface area contributed by atoms with Crippen molar-refractivity contribution in [2.75, 3.05) is 27.2 Å². The molecule has 0 heterocycles. The van der Waals surface area contributed by atoms with Crippen LogP contribution in [-0.2, 0) is 9.53 Å². The van der Waals surface area contributed by atoms with Crippen LogP contribution in [0.25, 0.3) is 0 Å². The highest BCUT2D eigenvalue weighted by molar-refractivity contribution is 5.87. The fourth-order valence-corrected chi connectivity index (χ4v) is 0.860. The summed E-state index contributed by atoms with van der Waals surface area (Å²) in [4.78, 5) is 13.3. The maximum absolute atomic E-state index is 11.4. The SMILES string of the molecule is C=CC(N)C=C(C)C(=O)OCCN(C)C. The molecule has 4 heteroatoms. The summed E-state index contributed by atoms with van der Waals surface area (Å²) in [5.74, 6) is -0.325. The summed E-state index contributed by atoms with van der Waals surface area (Å²) in [7, 11) is 3.84. The molecule has 1 unspecified atom stereocenters. The van der Waals surface area contributed by atoms with Gasteiger partial charge in [-0.15, -0.1) is 6.58 Å². The first-order valence-corrected chi connectivity index (χ1v) is 4.85. The molecule has 0 radical (unpaired) electrons. The molecule has 0 aliphatic rings. The molecule has 0 rings (SSSR count). The van der Waals surface area contributed by atoms with E-state index in [2.05, 4.69) is 6.58 Å². The Labute approximate surface area is 91.4 Å². The number of carbonyl (C=O) groups excluding carboxylic acids is 1. The average molecular weight is 212 g/mol. The van der Waals surface area contributed by atoms with Crippen molar-refractivity contribution in [2.45, 2.75) is 13.0 Å². The predicted octanol–water partition coefficient (Wildman–Crippen LogP) is 0.551. The van der Waals surface area contributed by atoms with Crippen molar-refractivity contribution in [1.29, 1.82) is 0 Å². The first-order chi connectivity index (χ1) is 6.97. The van der Waals surface area contributed by atoms with Gasteiger partial charge in [0.15, 0.2) is 0 Å². The van der Waals surface area contributed by atoms with Gasteiger partial charge in [-0.25, -0.2) is 4.79 Å². The van der Waals surface area contributed by atoms with Gasteiger partial charge in [-0.2, -0.15) is 0 Å². The highest BCUT2D eigenvalue weighted by Gasteiger charge is 2.06. The minimum absolute atomic E-state index is 0.300. The topological polar surface area (TPSA) is 55.6 Å². The second kappa shape index (κ2) is 7.20. The second-order valence-electron chi connectivity index (χ2n) is 3.60. The van der Waals surface area contributed by atoms with Crippen molar-refractivity contribution in [3.63, 3.8) is 0 Å². The van der Waals surface area contributed by atoms with Gasteiger partial charge in [0.25, 0.3) is 0 Å². The summed E-state index contributed by atoms with van der Waals surface area (Å²) in [6, 6.07) is -0.300. The third kappa shape index (κ3) is 6.88. The van der Waals surface area contributed by atoms with Crippen molar-refractivity contribution in [3.8, 4) is 0 Å². The van der Waals surface area contributed by atoms with Crippen LogP contribution in [0.2, 0.25) is 0 Å². The smallest absolute Gasteiger partial charge is 0.333 e. The minimum atomic E-state index is -0.325. The van der Waals surface area contributed by atoms with E-state index in [4.69, 9.17) is 10.5 Å². The van der Waals surface area contributed by atoms with Gasteiger partial charge in [-0.3, -0.25) is 0 Å². The molecule has 0 saturated carbocycles. The summed E-state index contributed by atoms with van der Waals surface area (Å²) in [6.45, 7) is 6.32. The van der Waals surface area contributed by atoms with Crippen LogP contribution < -0.4 is 5.73 Å². The Bertz CT molecular complexity index is 247. The van der Waals surface area contributed by atoms with Crippen LogP contribution in [-0.4, -0.2) is 44.2 Å². The third-order valence-electron chi connectivity index (χ3n) is 1.81. The van der Waals surface area contributed by atoms with E-state index < -0.39 is 0 Å². The molecule has 0 fully saturated rings. The average Bonchev–Trinajstić information content (AvgIpc) is 2.16. The van der Waals surface area contributed by atoms with E-state index in [1.807, 2.05) is 19.0 Å². The standard InChI is InChI=1S/C11H20N2O2/c1-5-10(12)8-9(2)11(14)15-7-6-13(3)4/h5,8,10H,1,6-7,12H2,2-4H3. The Morgan fingerprint density at radius 2 is 2.20 bits per heavy atom. The zero-order valence-corrected chi connectivity index (χ0v) is 9.69. The first kappa shape index (κ1) is 13.9. The summed E-state index contributed by atoms with van der Waals surface area (Å²) in [5, 5.41) is 0. The second-order valence-corrected chi connectivity index (χ2v) is 3.60. The number of hydrogen-bond acceptors (Lipinski definition) is 4. The molecule has 86 valence electrons. The zero-order valence-electron chi connectivity index (χ0n) is 9.69. The number of esters is 1.